The minimum absolute atomic E-state index is 0.0138. The summed E-state index contributed by atoms with van der Waals surface area (Å²) in [5, 5.41) is 2.65. The monoisotopic (exact) mass is 313 g/mol. The van der Waals surface area contributed by atoms with Gasteiger partial charge in [-0.25, -0.2) is 4.39 Å². The van der Waals surface area contributed by atoms with E-state index in [1.807, 2.05) is 4.90 Å². The maximum absolute atomic E-state index is 13.0. The van der Waals surface area contributed by atoms with Gasteiger partial charge in [-0.3, -0.25) is 14.5 Å². The Morgan fingerprint density at radius 1 is 1.24 bits per heavy atom. The van der Waals surface area contributed by atoms with Crippen LogP contribution in [-0.2, 0) is 9.59 Å². The van der Waals surface area contributed by atoms with Gasteiger partial charge in [0.05, 0.1) is 6.54 Å². The molecule has 1 aromatic carbocycles. The zero-order chi connectivity index (χ0) is 15.2. The number of halogens is 2. The highest BCUT2D eigenvalue weighted by Gasteiger charge is 2.21. The van der Waals surface area contributed by atoms with Crippen molar-refractivity contribution >= 4 is 29.1 Å². The topological polar surface area (TPSA) is 52.7 Å². The molecule has 0 atom stereocenters. The molecule has 21 heavy (non-hydrogen) atoms. The number of piperazine rings is 1. The van der Waals surface area contributed by atoms with E-state index in [0.717, 1.165) is 0 Å². The fourth-order valence-corrected chi connectivity index (χ4v) is 2.38. The molecule has 1 saturated heterocycles. The Balaban J connectivity index is 1.78. The number of carbonyl (C=O) groups excluding carboxylic acids is 2. The average Bonchev–Trinajstić information content (AvgIpc) is 2.47. The number of benzene rings is 1. The van der Waals surface area contributed by atoms with Crippen LogP contribution in [0.3, 0.4) is 0 Å². The minimum atomic E-state index is -0.388. The molecule has 1 fully saturated rings. The molecular formula is C14H17ClFN3O2. The fraction of sp³-hybridized carbons (Fsp3) is 0.429. The molecule has 114 valence electrons. The van der Waals surface area contributed by atoms with Crippen LogP contribution in [0.15, 0.2) is 24.3 Å². The molecule has 1 aromatic rings. The van der Waals surface area contributed by atoms with Gasteiger partial charge >= 0.3 is 0 Å². The Bertz CT molecular complexity index is 519. The Kier molecular flexibility index (Phi) is 5.52. The highest BCUT2D eigenvalue weighted by molar-refractivity contribution is 6.27. The highest BCUT2D eigenvalue weighted by Crippen LogP contribution is 2.09. The Labute approximate surface area is 127 Å². The molecule has 1 N–H and O–H groups in total. The summed E-state index contributed by atoms with van der Waals surface area (Å²) in [6.45, 7) is 2.61. The van der Waals surface area contributed by atoms with Crippen molar-refractivity contribution in [2.75, 3.05) is 43.9 Å². The summed E-state index contributed by atoms with van der Waals surface area (Å²) >= 11 is 5.51. The standard InChI is InChI=1S/C14H17ClFN3O2/c15-9-14(21)19-6-4-18(5-7-19)10-13(20)17-12-3-1-2-11(16)8-12/h1-3,8H,4-7,9-10H2,(H,17,20). The van der Waals surface area contributed by atoms with E-state index >= 15 is 0 Å². The third kappa shape index (κ3) is 4.68. The summed E-state index contributed by atoms with van der Waals surface area (Å²) in [5.41, 5.74) is 0.441. The van der Waals surface area contributed by atoms with Crippen molar-refractivity contribution < 1.29 is 14.0 Å². The first-order chi connectivity index (χ1) is 10.1. The van der Waals surface area contributed by atoms with E-state index in [4.69, 9.17) is 11.6 Å². The second-order valence-electron chi connectivity index (χ2n) is 4.85. The summed E-state index contributed by atoms with van der Waals surface area (Å²) in [7, 11) is 0. The number of rotatable bonds is 4. The molecule has 0 radical (unpaired) electrons. The van der Waals surface area contributed by atoms with E-state index in [1.165, 1.54) is 12.1 Å². The molecule has 1 aliphatic heterocycles. The SMILES string of the molecule is O=C(CN1CCN(C(=O)CCl)CC1)Nc1cccc(F)c1. The molecule has 0 unspecified atom stereocenters. The van der Waals surface area contributed by atoms with Crippen LogP contribution in [0.4, 0.5) is 10.1 Å². The lowest BCUT2D eigenvalue weighted by molar-refractivity contribution is -0.130. The normalized spacial score (nSPS) is 15.8. The predicted molar refractivity (Wildman–Crippen MR) is 78.8 cm³/mol. The van der Waals surface area contributed by atoms with Gasteiger partial charge in [-0.1, -0.05) is 6.07 Å². The number of anilines is 1. The maximum atomic E-state index is 13.0. The second-order valence-corrected chi connectivity index (χ2v) is 5.12. The van der Waals surface area contributed by atoms with E-state index in [9.17, 15) is 14.0 Å². The van der Waals surface area contributed by atoms with Crippen molar-refractivity contribution in [1.29, 1.82) is 0 Å². The van der Waals surface area contributed by atoms with Gasteiger partial charge < -0.3 is 10.2 Å². The van der Waals surface area contributed by atoms with Gasteiger partial charge in [-0.05, 0) is 18.2 Å². The third-order valence-corrected chi connectivity index (χ3v) is 3.54. The first kappa shape index (κ1) is 15.7. The third-order valence-electron chi connectivity index (χ3n) is 3.31. The van der Waals surface area contributed by atoms with E-state index in [0.29, 0.717) is 31.9 Å². The molecule has 0 saturated carbocycles. The van der Waals surface area contributed by atoms with Crippen LogP contribution in [-0.4, -0.2) is 60.2 Å². The molecule has 2 rings (SSSR count). The van der Waals surface area contributed by atoms with Crippen molar-refractivity contribution in [3.8, 4) is 0 Å². The second kappa shape index (κ2) is 7.38. The molecule has 5 nitrogen and oxygen atoms in total. The first-order valence-electron chi connectivity index (χ1n) is 6.70. The number of nitrogens with one attached hydrogen (secondary N) is 1. The number of hydrogen-bond acceptors (Lipinski definition) is 3. The smallest absolute Gasteiger partial charge is 0.238 e. The maximum Gasteiger partial charge on any atom is 0.238 e. The average molecular weight is 314 g/mol. The Morgan fingerprint density at radius 2 is 1.95 bits per heavy atom. The van der Waals surface area contributed by atoms with Crippen LogP contribution in [0.1, 0.15) is 0 Å². The van der Waals surface area contributed by atoms with Crippen LogP contribution in [0.2, 0.25) is 0 Å². The molecule has 0 aliphatic carbocycles. The van der Waals surface area contributed by atoms with Gasteiger partial charge in [0.25, 0.3) is 0 Å². The lowest BCUT2D eigenvalue weighted by atomic mass is 10.3. The Morgan fingerprint density at radius 3 is 2.57 bits per heavy atom. The minimum Gasteiger partial charge on any atom is -0.339 e. The van der Waals surface area contributed by atoms with Gasteiger partial charge in [0.2, 0.25) is 11.8 Å². The lowest BCUT2D eigenvalue weighted by Gasteiger charge is -2.33. The summed E-state index contributed by atoms with van der Waals surface area (Å²) in [5.74, 6) is -0.681. The zero-order valence-corrected chi connectivity index (χ0v) is 12.3. The van der Waals surface area contributed by atoms with Gasteiger partial charge in [0, 0.05) is 31.9 Å². The molecule has 7 heteroatoms. The van der Waals surface area contributed by atoms with E-state index in [1.54, 1.807) is 17.0 Å². The molecule has 0 spiro atoms. The summed E-state index contributed by atoms with van der Waals surface area (Å²) in [6.07, 6.45) is 0. The number of nitrogens with zero attached hydrogens (tertiary/aromatic N) is 2. The van der Waals surface area contributed by atoms with Gasteiger partial charge in [-0.2, -0.15) is 0 Å². The molecular weight excluding hydrogens is 297 g/mol. The summed E-state index contributed by atoms with van der Waals surface area (Å²) < 4.78 is 13.0. The summed E-state index contributed by atoms with van der Waals surface area (Å²) in [4.78, 5) is 27.0. The summed E-state index contributed by atoms with van der Waals surface area (Å²) in [6, 6.07) is 5.78. The van der Waals surface area contributed by atoms with Crippen molar-refractivity contribution in [2.45, 2.75) is 0 Å². The van der Waals surface area contributed by atoms with Crippen LogP contribution < -0.4 is 5.32 Å². The van der Waals surface area contributed by atoms with Crippen LogP contribution >= 0.6 is 11.6 Å². The van der Waals surface area contributed by atoms with Crippen molar-refractivity contribution in [2.24, 2.45) is 0 Å². The molecule has 0 bridgehead atoms. The van der Waals surface area contributed by atoms with Crippen LogP contribution in [0.25, 0.3) is 0 Å². The van der Waals surface area contributed by atoms with E-state index in [-0.39, 0.29) is 30.1 Å². The van der Waals surface area contributed by atoms with E-state index < -0.39 is 0 Å². The molecule has 0 aromatic heterocycles. The van der Waals surface area contributed by atoms with Crippen molar-refractivity contribution in [3.63, 3.8) is 0 Å². The zero-order valence-electron chi connectivity index (χ0n) is 11.5. The Hall–Kier alpha value is -1.66. The first-order valence-corrected chi connectivity index (χ1v) is 7.23. The highest BCUT2D eigenvalue weighted by atomic mass is 35.5. The molecule has 1 heterocycles. The molecule has 2 amide bonds. The quantitative estimate of drug-likeness (QED) is 0.848. The largest absolute Gasteiger partial charge is 0.339 e. The van der Waals surface area contributed by atoms with Crippen LogP contribution in [0.5, 0.6) is 0 Å². The van der Waals surface area contributed by atoms with Gasteiger partial charge in [0.1, 0.15) is 11.7 Å². The number of amides is 2. The van der Waals surface area contributed by atoms with Crippen molar-refractivity contribution in [1.82, 2.24) is 9.80 Å². The van der Waals surface area contributed by atoms with E-state index in [2.05, 4.69) is 5.32 Å². The number of hydrogen-bond donors (Lipinski definition) is 1. The van der Waals surface area contributed by atoms with Gasteiger partial charge in [0.15, 0.2) is 0 Å². The predicted octanol–water partition coefficient (Wildman–Crippen LogP) is 1.15. The van der Waals surface area contributed by atoms with Gasteiger partial charge in [-0.15, -0.1) is 11.6 Å². The van der Waals surface area contributed by atoms with Crippen molar-refractivity contribution in [3.05, 3.63) is 30.1 Å². The number of carbonyl (C=O) groups is 2. The lowest BCUT2D eigenvalue weighted by Crippen LogP contribution is -2.50. The fourth-order valence-electron chi connectivity index (χ4n) is 2.21. The number of alkyl halides is 1. The van der Waals surface area contributed by atoms with Crippen LogP contribution in [0, 0.1) is 5.82 Å². The molecule has 1 aliphatic rings.